The van der Waals surface area contributed by atoms with Gasteiger partial charge in [0.05, 0.1) is 19.1 Å². The Balaban J connectivity index is 1.49. The van der Waals surface area contributed by atoms with Gasteiger partial charge in [-0.05, 0) is 62.1 Å². The molecule has 0 aliphatic heterocycles. The van der Waals surface area contributed by atoms with E-state index in [2.05, 4.69) is 13.0 Å². The number of unbranched alkanes of at least 4 members (excludes halogenated alkanes) is 1. The van der Waals surface area contributed by atoms with E-state index in [1.54, 1.807) is 11.7 Å². The molecule has 2 aromatic heterocycles. The maximum Gasteiger partial charge on any atom is 0.262 e. The van der Waals surface area contributed by atoms with Crippen LogP contribution in [0.5, 0.6) is 11.5 Å². The molecule has 0 aliphatic rings. The lowest BCUT2D eigenvalue weighted by atomic mass is 10.1. The zero-order chi connectivity index (χ0) is 21.8. The summed E-state index contributed by atoms with van der Waals surface area (Å²) in [4.78, 5) is 18.8. The summed E-state index contributed by atoms with van der Waals surface area (Å²) in [6.45, 7) is 5.21. The molecule has 0 unspecified atom stereocenters. The molecule has 0 amide bonds. The minimum Gasteiger partial charge on any atom is -0.497 e. The molecule has 0 radical (unpaired) electrons. The first-order valence-corrected chi connectivity index (χ1v) is 11.3. The van der Waals surface area contributed by atoms with Crippen LogP contribution in [0.3, 0.4) is 0 Å². The Kier molecular flexibility index (Phi) is 6.37. The van der Waals surface area contributed by atoms with Crippen molar-refractivity contribution in [3.8, 4) is 22.6 Å². The van der Waals surface area contributed by atoms with Crippen molar-refractivity contribution in [2.24, 2.45) is 0 Å². The van der Waals surface area contributed by atoms with Gasteiger partial charge in [0.15, 0.2) is 0 Å². The lowest BCUT2D eigenvalue weighted by Gasteiger charge is -2.11. The molecular formula is C25H26N2O3S. The Labute approximate surface area is 185 Å². The number of fused-ring (bicyclic) bond motifs is 1. The zero-order valence-corrected chi connectivity index (χ0v) is 18.9. The van der Waals surface area contributed by atoms with Crippen molar-refractivity contribution in [1.29, 1.82) is 0 Å². The first-order chi connectivity index (χ1) is 15.1. The largest absolute Gasteiger partial charge is 0.497 e. The van der Waals surface area contributed by atoms with Crippen LogP contribution in [0.1, 0.15) is 24.2 Å². The lowest BCUT2D eigenvalue weighted by molar-refractivity contribution is 0.302. The van der Waals surface area contributed by atoms with Crippen molar-refractivity contribution >= 4 is 21.6 Å². The average molecular weight is 435 g/mol. The molecule has 0 bridgehead atoms. The second-order valence-electron chi connectivity index (χ2n) is 7.55. The molecule has 5 nitrogen and oxygen atoms in total. The van der Waals surface area contributed by atoms with Gasteiger partial charge in [0, 0.05) is 17.5 Å². The van der Waals surface area contributed by atoms with Crippen molar-refractivity contribution in [3.63, 3.8) is 0 Å². The van der Waals surface area contributed by atoms with Gasteiger partial charge in [0.2, 0.25) is 0 Å². The van der Waals surface area contributed by atoms with Crippen LogP contribution in [0, 0.1) is 13.8 Å². The molecule has 0 fully saturated rings. The van der Waals surface area contributed by atoms with Crippen molar-refractivity contribution in [2.75, 3.05) is 13.7 Å². The van der Waals surface area contributed by atoms with E-state index >= 15 is 0 Å². The number of benzene rings is 2. The minimum absolute atomic E-state index is 0.0224. The fourth-order valence-corrected chi connectivity index (χ4v) is 4.62. The Hall–Kier alpha value is -3.12. The summed E-state index contributed by atoms with van der Waals surface area (Å²) in [5.41, 5.74) is 3.13. The highest BCUT2D eigenvalue weighted by molar-refractivity contribution is 7.17. The number of hydrogen-bond donors (Lipinski definition) is 0. The van der Waals surface area contributed by atoms with E-state index in [1.165, 1.54) is 16.9 Å². The molecule has 2 aromatic carbocycles. The van der Waals surface area contributed by atoms with Crippen molar-refractivity contribution in [3.05, 3.63) is 75.7 Å². The van der Waals surface area contributed by atoms with E-state index in [1.807, 2.05) is 54.8 Å². The molecule has 2 heterocycles. The summed E-state index contributed by atoms with van der Waals surface area (Å²) in [7, 11) is 1.65. The summed E-state index contributed by atoms with van der Waals surface area (Å²) in [6.07, 6.45) is 1.72. The molecule has 0 saturated heterocycles. The fraction of sp³-hybridized carbons (Fsp3) is 0.280. The van der Waals surface area contributed by atoms with Crippen molar-refractivity contribution < 1.29 is 9.47 Å². The van der Waals surface area contributed by atoms with Crippen molar-refractivity contribution in [2.45, 2.75) is 33.2 Å². The Morgan fingerprint density at radius 2 is 1.84 bits per heavy atom. The molecule has 160 valence electrons. The van der Waals surface area contributed by atoms with Gasteiger partial charge in [-0.15, -0.1) is 11.3 Å². The van der Waals surface area contributed by atoms with Gasteiger partial charge in [-0.2, -0.15) is 0 Å². The summed E-state index contributed by atoms with van der Waals surface area (Å²) in [5.74, 6) is 2.43. The molecule has 0 N–H and O–H groups in total. The third-order valence-electron chi connectivity index (χ3n) is 5.32. The van der Waals surface area contributed by atoms with Crippen LogP contribution in [0.25, 0.3) is 21.3 Å². The number of aryl methyl sites for hydroxylation is 2. The molecule has 0 atom stereocenters. The van der Waals surface area contributed by atoms with Gasteiger partial charge in [0.25, 0.3) is 5.56 Å². The summed E-state index contributed by atoms with van der Waals surface area (Å²) in [6, 6.07) is 15.8. The number of rotatable bonds is 8. The van der Waals surface area contributed by atoms with Crippen LogP contribution in [-0.4, -0.2) is 23.3 Å². The van der Waals surface area contributed by atoms with Gasteiger partial charge in [0.1, 0.15) is 22.2 Å². The third kappa shape index (κ3) is 4.64. The smallest absolute Gasteiger partial charge is 0.262 e. The van der Waals surface area contributed by atoms with Gasteiger partial charge in [-0.25, -0.2) is 4.98 Å². The van der Waals surface area contributed by atoms with E-state index in [0.717, 1.165) is 46.1 Å². The van der Waals surface area contributed by atoms with E-state index in [9.17, 15) is 4.79 Å². The highest BCUT2D eigenvalue weighted by Gasteiger charge is 2.15. The Morgan fingerprint density at radius 1 is 1.03 bits per heavy atom. The molecule has 4 rings (SSSR count). The molecule has 0 spiro atoms. The van der Waals surface area contributed by atoms with Crippen LogP contribution < -0.4 is 15.0 Å². The first-order valence-electron chi connectivity index (χ1n) is 10.4. The highest BCUT2D eigenvalue weighted by Crippen LogP contribution is 2.32. The Bertz CT molecular complexity index is 1240. The van der Waals surface area contributed by atoms with Gasteiger partial charge in [-0.3, -0.25) is 9.36 Å². The van der Waals surface area contributed by atoms with Gasteiger partial charge in [-0.1, -0.05) is 24.3 Å². The van der Waals surface area contributed by atoms with E-state index in [0.29, 0.717) is 18.5 Å². The minimum atomic E-state index is 0.0224. The maximum absolute atomic E-state index is 13.3. The standard InChI is InChI=1S/C25H26N2O3S/c1-17-7-6-8-21(15-17)30-14-5-4-13-27-18(2)26-24-23(25(27)28)22(16-31-24)19-9-11-20(29-3)12-10-19/h6-12,15-16H,4-5,13-14H2,1-3H3. The maximum atomic E-state index is 13.3. The molecule has 31 heavy (non-hydrogen) atoms. The predicted octanol–water partition coefficient (Wildman–Crippen LogP) is 5.61. The van der Waals surface area contributed by atoms with Crippen LogP contribution in [0.4, 0.5) is 0 Å². The molecule has 0 saturated carbocycles. The van der Waals surface area contributed by atoms with Crippen molar-refractivity contribution in [1.82, 2.24) is 9.55 Å². The first kappa shape index (κ1) is 21.1. The number of ether oxygens (including phenoxy) is 2. The lowest BCUT2D eigenvalue weighted by Crippen LogP contribution is -2.24. The number of thiophene rings is 1. The number of hydrogen-bond acceptors (Lipinski definition) is 5. The normalized spacial score (nSPS) is 11.1. The van der Waals surface area contributed by atoms with E-state index < -0.39 is 0 Å². The predicted molar refractivity (Wildman–Crippen MR) is 127 cm³/mol. The quantitative estimate of drug-likeness (QED) is 0.338. The second kappa shape index (κ2) is 9.35. The SMILES string of the molecule is COc1ccc(-c2csc3nc(C)n(CCCCOc4cccc(C)c4)c(=O)c23)cc1. The van der Waals surface area contributed by atoms with Crippen LogP contribution in [0.2, 0.25) is 0 Å². The number of methoxy groups -OCH3 is 1. The Morgan fingerprint density at radius 3 is 2.58 bits per heavy atom. The molecule has 6 heteroatoms. The van der Waals surface area contributed by atoms with Crippen LogP contribution in [-0.2, 0) is 6.54 Å². The number of aromatic nitrogens is 2. The summed E-state index contributed by atoms with van der Waals surface area (Å²) < 4.78 is 12.9. The van der Waals surface area contributed by atoms with Gasteiger partial charge >= 0.3 is 0 Å². The average Bonchev–Trinajstić information content (AvgIpc) is 3.19. The second-order valence-corrected chi connectivity index (χ2v) is 8.40. The summed E-state index contributed by atoms with van der Waals surface area (Å²) >= 11 is 1.51. The molecule has 4 aromatic rings. The van der Waals surface area contributed by atoms with Gasteiger partial charge < -0.3 is 9.47 Å². The molecule has 0 aliphatic carbocycles. The van der Waals surface area contributed by atoms with Crippen LogP contribution in [0.15, 0.2) is 58.7 Å². The fourth-order valence-electron chi connectivity index (χ4n) is 3.64. The van der Waals surface area contributed by atoms with E-state index in [-0.39, 0.29) is 5.56 Å². The number of nitrogens with zero attached hydrogens (tertiary/aromatic N) is 2. The van der Waals surface area contributed by atoms with E-state index in [4.69, 9.17) is 14.5 Å². The zero-order valence-electron chi connectivity index (χ0n) is 18.1. The van der Waals surface area contributed by atoms with Crippen LogP contribution >= 0.6 is 11.3 Å². The third-order valence-corrected chi connectivity index (χ3v) is 6.19. The highest BCUT2D eigenvalue weighted by atomic mass is 32.1. The molecular weight excluding hydrogens is 408 g/mol. The monoisotopic (exact) mass is 434 g/mol. The summed E-state index contributed by atoms with van der Waals surface area (Å²) in [5, 5.41) is 2.71. The topological polar surface area (TPSA) is 53.4 Å².